The van der Waals surface area contributed by atoms with E-state index in [-0.39, 0.29) is 17.3 Å². The number of anilines is 1. The third-order valence-corrected chi connectivity index (χ3v) is 5.65. The number of aromatic nitrogens is 3. The van der Waals surface area contributed by atoms with E-state index in [4.69, 9.17) is 5.73 Å². The molecule has 0 bridgehead atoms. The Labute approximate surface area is 181 Å². The number of nitrogen functional groups attached to an aromatic ring is 1. The fourth-order valence-electron chi connectivity index (χ4n) is 3.33. The van der Waals surface area contributed by atoms with Crippen LogP contribution in [0.1, 0.15) is 20.8 Å². The number of amides is 1. The van der Waals surface area contributed by atoms with Crippen LogP contribution in [0.2, 0.25) is 0 Å². The smallest absolute Gasteiger partial charge is 0.257 e. The number of nitrogens with one attached hydrogen (secondary N) is 1. The maximum atomic E-state index is 13.1. The third-order valence-electron chi connectivity index (χ3n) is 4.84. The molecule has 0 aliphatic rings. The van der Waals surface area contributed by atoms with Crippen LogP contribution in [0.15, 0.2) is 77.2 Å². The Morgan fingerprint density at radius 2 is 1.77 bits per heavy atom. The van der Waals surface area contributed by atoms with Gasteiger partial charge in [-0.1, -0.05) is 48.5 Å². The van der Waals surface area contributed by atoms with Gasteiger partial charge in [0.05, 0.1) is 17.2 Å². The summed E-state index contributed by atoms with van der Waals surface area (Å²) in [4.78, 5) is 23.5. The second-order valence-corrected chi connectivity index (χ2v) is 7.86. The molecule has 0 fully saturated rings. The van der Waals surface area contributed by atoms with Gasteiger partial charge in [-0.15, -0.1) is 11.3 Å². The van der Waals surface area contributed by atoms with Crippen LogP contribution in [0.3, 0.4) is 0 Å². The van der Waals surface area contributed by atoms with Gasteiger partial charge in [-0.3, -0.25) is 4.79 Å². The number of benzene rings is 2. The Bertz CT molecular complexity index is 1410. The highest BCUT2D eigenvalue weighted by Crippen LogP contribution is 2.28. The van der Waals surface area contributed by atoms with E-state index in [1.54, 1.807) is 17.6 Å². The first-order valence-corrected chi connectivity index (χ1v) is 10.6. The van der Waals surface area contributed by atoms with E-state index in [1.165, 1.54) is 4.68 Å². The van der Waals surface area contributed by atoms with Crippen LogP contribution < -0.4 is 11.1 Å². The SMILES string of the molecule is Nc1c(C(=O)NCc2ccccc2)c2nc3ccccc3nc2n1N=Cc1cccs1. The molecule has 31 heavy (non-hydrogen) atoms. The first-order valence-electron chi connectivity index (χ1n) is 9.67. The summed E-state index contributed by atoms with van der Waals surface area (Å²) in [7, 11) is 0. The van der Waals surface area contributed by atoms with Crippen molar-refractivity contribution in [3.05, 3.63) is 88.1 Å². The molecule has 0 saturated carbocycles. The van der Waals surface area contributed by atoms with Crippen LogP contribution >= 0.6 is 11.3 Å². The topological polar surface area (TPSA) is 98.2 Å². The van der Waals surface area contributed by atoms with E-state index >= 15 is 0 Å². The van der Waals surface area contributed by atoms with Crippen molar-refractivity contribution >= 4 is 51.5 Å². The summed E-state index contributed by atoms with van der Waals surface area (Å²) in [6, 6.07) is 21.1. The quantitative estimate of drug-likeness (QED) is 0.414. The molecule has 0 aliphatic carbocycles. The number of fused-ring (bicyclic) bond motifs is 2. The molecule has 1 amide bonds. The van der Waals surface area contributed by atoms with Crippen molar-refractivity contribution in [3.63, 3.8) is 0 Å². The third kappa shape index (κ3) is 3.64. The fourth-order valence-corrected chi connectivity index (χ4v) is 3.91. The van der Waals surface area contributed by atoms with Gasteiger partial charge in [0.15, 0.2) is 5.65 Å². The Morgan fingerprint density at radius 3 is 2.52 bits per heavy atom. The predicted molar refractivity (Wildman–Crippen MR) is 124 cm³/mol. The van der Waals surface area contributed by atoms with Gasteiger partial charge in [-0.2, -0.15) is 9.78 Å². The number of carbonyl (C=O) groups is 1. The number of nitrogens with zero attached hydrogens (tertiary/aromatic N) is 4. The Morgan fingerprint density at radius 1 is 1.03 bits per heavy atom. The number of para-hydroxylation sites is 2. The molecule has 0 spiro atoms. The van der Waals surface area contributed by atoms with Crippen LogP contribution in [0.5, 0.6) is 0 Å². The van der Waals surface area contributed by atoms with Crippen LogP contribution in [-0.2, 0) is 6.54 Å². The molecule has 5 rings (SSSR count). The molecule has 3 aromatic heterocycles. The lowest BCUT2D eigenvalue weighted by molar-refractivity contribution is 0.0953. The molecular weight excluding hydrogens is 408 g/mol. The van der Waals surface area contributed by atoms with Crippen LogP contribution in [0, 0.1) is 0 Å². The van der Waals surface area contributed by atoms with Gasteiger partial charge in [0, 0.05) is 11.4 Å². The molecule has 0 radical (unpaired) electrons. The maximum absolute atomic E-state index is 13.1. The zero-order valence-electron chi connectivity index (χ0n) is 16.4. The first kappa shape index (κ1) is 19.0. The van der Waals surface area contributed by atoms with Gasteiger partial charge >= 0.3 is 0 Å². The van der Waals surface area contributed by atoms with Crippen molar-refractivity contribution in [1.82, 2.24) is 20.0 Å². The summed E-state index contributed by atoms with van der Waals surface area (Å²) < 4.78 is 1.48. The molecule has 0 unspecified atom stereocenters. The van der Waals surface area contributed by atoms with Gasteiger partial charge in [0.25, 0.3) is 5.91 Å². The Balaban J connectivity index is 1.61. The summed E-state index contributed by atoms with van der Waals surface area (Å²) in [5.74, 6) is -0.121. The van der Waals surface area contributed by atoms with Crippen LogP contribution in [0.4, 0.5) is 5.82 Å². The van der Waals surface area contributed by atoms with Crippen LogP contribution in [0.25, 0.3) is 22.2 Å². The lowest BCUT2D eigenvalue weighted by Crippen LogP contribution is -2.23. The summed E-state index contributed by atoms with van der Waals surface area (Å²) in [5, 5.41) is 9.40. The largest absolute Gasteiger partial charge is 0.383 e. The van der Waals surface area contributed by atoms with E-state index in [0.29, 0.717) is 28.7 Å². The molecule has 2 aromatic carbocycles. The van der Waals surface area contributed by atoms with Crippen molar-refractivity contribution in [2.75, 3.05) is 5.73 Å². The number of thiophene rings is 1. The standard InChI is InChI=1S/C23H18N6OS/c24-21-19(23(30)25-13-15-7-2-1-3-8-15)20-22(28-18-11-5-4-10-17(18)27-20)29(21)26-14-16-9-6-12-31-16/h1-12,14H,13,24H2,(H,25,30). The van der Waals surface area contributed by atoms with Crippen molar-refractivity contribution in [2.45, 2.75) is 6.54 Å². The average molecular weight is 427 g/mol. The van der Waals surface area contributed by atoms with Crippen LogP contribution in [-0.4, -0.2) is 26.8 Å². The number of carbonyl (C=O) groups excluding carboxylic acids is 1. The molecule has 7 nitrogen and oxygen atoms in total. The number of rotatable bonds is 5. The van der Waals surface area contributed by atoms with Gasteiger partial charge in [0.1, 0.15) is 16.9 Å². The minimum Gasteiger partial charge on any atom is -0.383 e. The average Bonchev–Trinajstić information content (AvgIpc) is 3.41. The molecule has 3 heterocycles. The lowest BCUT2D eigenvalue weighted by Gasteiger charge is -2.05. The highest BCUT2D eigenvalue weighted by atomic mass is 32.1. The Kier molecular flexibility index (Phi) is 4.89. The summed E-state index contributed by atoms with van der Waals surface area (Å²) >= 11 is 1.56. The van der Waals surface area contributed by atoms with Gasteiger partial charge < -0.3 is 11.1 Å². The normalized spacial score (nSPS) is 11.5. The van der Waals surface area contributed by atoms with Gasteiger partial charge in [0.2, 0.25) is 0 Å². The zero-order chi connectivity index (χ0) is 21.2. The minimum absolute atomic E-state index is 0.198. The van der Waals surface area contributed by atoms with Crippen molar-refractivity contribution < 1.29 is 4.79 Å². The van der Waals surface area contributed by atoms with Gasteiger partial charge in [-0.25, -0.2) is 9.97 Å². The highest BCUT2D eigenvalue weighted by molar-refractivity contribution is 7.11. The van der Waals surface area contributed by atoms with Crippen molar-refractivity contribution in [3.8, 4) is 0 Å². The summed E-state index contributed by atoms with van der Waals surface area (Å²) in [5.41, 5.74) is 9.91. The molecule has 0 atom stereocenters. The van der Waals surface area contributed by atoms with E-state index < -0.39 is 0 Å². The van der Waals surface area contributed by atoms with Crippen molar-refractivity contribution in [1.29, 1.82) is 0 Å². The first-order chi connectivity index (χ1) is 15.2. The fraction of sp³-hybridized carbons (Fsp3) is 0.0435. The molecule has 0 saturated heterocycles. The summed E-state index contributed by atoms with van der Waals surface area (Å²) in [6.45, 7) is 0.380. The van der Waals surface area contributed by atoms with E-state index in [1.807, 2.05) is 72.1 Å². The second-order valence-electron chi connectivity index (χ2n) is 6.88. The van der Waals surface area contributed by atoms with Crippen molar-refractivity contribution in [2.24, 2.45) is 5.10 Å². The lowest BCUT2D eigenvalue weighted by atomic mass is 10.2. The predicted octanol–water partition coefficient (Wildman–Crippen LogP) is 4.04. The zero-order valence-corrected chi connectivity index (χ0v) is 17.2. The summed E-state index contributed by atoms with van der Waals surface area (Å²) in [6.07, 6.45) is 1.70. The molecular formula is C23H18N6OS. The number of hydrogen-bond acceptors (Lipinski definition) is 6. The minimum atomic E-state index is -0.319. The highest BCUT2D eigenvalue weighted by Gasteiger charge is 2.24. The molecule has 152 valence electrons. The maximum Gasteiger partial charge on any atom is 0.257 e. The molecule has 0 aliphatic heterocycles. The van der Waals surface area contributed by atoms with E-state index in [0.717, 1.165) is 10.4 Å². The van der Waals surface area contributed by atoms with E-state index in [2.05, 4.69) is 20.4 Å². The van der Waals surface area contributed by atoms with E-state index in [9.17, 15) is 4.79 Å². The Hall–Kier alpha value is -4.04. The molecule has 3 N–H and O–H groups in total. The molecule has 8 heteroatoms. The number of hydrogen-bond donors (Lipinski definition) is 2. The monoisotopic (exact) mass is 426 g/mol. The number of nitrogens with two attached hydrogens (primary N) is 1. The van der Waals surface area contributed by atoms with Gasteiger partial charge in [-0.05, 0) is 29.1 Å². The molecule has 5 aromatic rings. The second kappa shape index (κ2) is 8.00.